The lowest BCUT2D eigenvalue weighted by atomic mass is 9.61. The minimum atomic E-state index is -0.0906. The molecule has 92 valence electrons. The molecule has 2 aliphatic rings. The lowest BCUT2D eigenvalue weighted by molar-refractivity contribution is -0.109. The zero-order chi connectivity index (χ0) is 11.8. The van der Waals surface area contributed by atoms with Gasteiger partial charge in [0.1, 0.15) is 6.29 Å². The van der Waals surface area contributed by atoms with Gasteiger partial charge in [0.2, 0.25) is 0 Å². The van der Waals surface area contributed by atoms with Crippen molar-refractivity contribution in [1.29, 1.82) is 0 Å². The number of aldehydes is 1. The normalized spacial score (nSPS) is 45.1. The van der Waals surface area contributed by atoms with Crippen LogP contribution in [-0.4, -0.2) is 17.5 Å². The van der Waals surface area contributed by atoms with Crippen LogP contribution in [0.1, 0.15) is 52.4 Å². The molecule has 2 heteroatoms. The standard InChI is InChI=1S/C14H24O2/c1-10(7-9-15)11-5-6-12-13(16)4-3-8-14(11,12)2/h9-13,16H,3-8H2,1-2H3/t10-,11?,12+,13+,14-/m1/s1. The Balaban J connectivity index is 2.14. The zero-order valence-electron chi connectivity index (χ0n) is 10.5. The van der Waals surface area contributed by atoms with E-state index < -0.39 is 0 Å². The highest BCUT2D eigenvalue weighted by Gasteiger charge is 2.51. The van der Waals surface area contributed by atoms with Crippen molar-refractivity contribution in [1.82, 2.24) is 0 Å². The number of fused-ring (bicyclic) bond motifs is 1. The van der Waals surface area contributed by atoms with E-state index in [0.717, 1.165) is 25.5 Å². The summed E-state index contributed by atoms with van der Waals surface area (Å²) in [6.07, 6.45) is 7.38. The topological polar surface area (TPSA) is 37.3 Å². The Morgan fingerprint density at radius 2 is 2.19 bits per heavy atom. The van der Waals surface area contributed by atoms with E-state index in [1.807, 2.05) is 0 Å². The van der Waals surface area contributed by atoms with Crippen molar-refractivity contribution in [3.8, 4) is 0 Å². The maximum atomic E-state index is 10.7. The Morgan fingerprint density at radius 3 is 2.88 bits per heavy atom. The molecule has 16 heavy (non-hydrogen) atoms. The fraction of sp³-hybridized carbons (Fsp3) is 0.929. The molecular weight excluding hydrogens is 200 g/mol. The summed E-state index contributed by atoms with van der Waals surface area (Å²) in [5.74, 6) is 1.61. The van der Waals surface area contributed by atoms with E-state index in [4.69, 9.17) is 0 Å². The van der Waals surface area contributed by atoms with Gasteiger partial charge in [0, 0.05) is 6.42 Å². The van der Waals surface area contributed by atoms with Gasteiger partial charge >= 0.3 is 0 Å². The van der Waals surface area contributed by atoms with Gasteiger partial charge in [-0.05, 0) is 48.9 Å². The number of carbonyl (C=O) groups is 1. The van der Waals surface area contributed by atoms with Crippen molar-refractivity contribution in [3.63, 3.8) is 0 Å². The molecule has 2 aliphatic carbocycles. The predicted octanol–water partition coefficient (Wildman–Crippen LogP) is 2.79. The summed E-state index contributed by atoms with van der Waals surface area (Å²) >= 11 is 0. The molecule has 1 unspecified atom stereocenters. The average Bonchev–Trinajstić information content (AvgIpc) is 2.57. The van der Waals surface area contributed by atoms with Gasteiger partial charge in [0.25, 0.3) is 0 Å². The van der Waals surface area contributed by atoms with Crippen LogP contribution in [0.2, 0.25) is 0 Å². The number of hydrogen-bond donors (Lipinski definition) is 1. The Morgan fingerprint density at radius 1 is 1.44 bits per heavy atom. The molecule has 0 aromatic rings. The molecule has 0 amide bonds. The smallest absolute Gasteiger partial charge is 0.120 e. The molecule has 0 saturated heterocycles. The zero-order valence-corrected chi connectivity index (χ0v) is 10.5. The van der Waals surface area contributed by atoms with Gasteiger partial charge in [-0.25, -0.2) is 0 Å². The summed E-state index contributed by atoms with van der Waals surface area (Å²) in [6.45, 7) is 4.55. The minimum absolute atomic E-state index is 0.0906. The molecule has 2 rings (SSSR count). The quantitative estimate of drug-likeness (QED) is 0.748. The van der Waals surface area contributed by atoms with Gasteiger partial charge < -0.3 is 9.90 Å². The summed E-state index contributed by atoms with van der Waals surface area (Å²) < 4.78 is 0. The van der Waals surface area contributed by atoms with Crippen molar-refractivity contribution in [2.24, 2.45) is 23.2 Å². The molecule has 0 aromatic carbocycles. The molecule has 2 saturated carbocycles. The lowest BCUT2D eigenvalue weighted by Crippen LogP contribution is -2.41. The molecule has 0 spiro atoms. The molecule has 1 N–H and O–H groups in total. The van der Waals surface area contributed by atoms with E-state index in [1.54, 1.807) is 0 Å². The number of hydrogen-bond acceptors (Lipinski definition) is 2. The highest BCUT2D eigenvalue weighted by molar-refractivity contribution is 5.49. The first-order valence-electron chi connectivity index (χ1n) is 6.71. The number of aliphatic hydroxyl groups excluding tert-OH is 1. The summed E-state index contributed by atoms with van der Waals surface area (Å²) in [4.78, 5) is 10.7. The van der Waals surface area contributed by atoms with Crippen LogP contribution in [0.4, 0.5) is 0 Å². The summed E-state index contributed by atoms with van der Waals surface area (Å²) in [5, 5.41) is 10.1. The van der Waals surface area contributed by atoms with Gasteiger partial charge in [-0.1, -0.05) is 20.3 Å². The van der Waals surface area contributed by atoms with E-state index in [9.17, 15) is 9.90 Å². The number of rotatable bonds is 3. The average molecular weight is 224 g/mol. The summed E-state index contributed by atoms with van der Waals surface area (Å²) in [7, 11) is 0. The molecular formula is C14H24O2. The van der Waals surface area contributed by atoms with Crippen molar-refractivity contribution in [2.75, 3.05) is 0 Å². The Kier molecular flexibility index (Phi) is 3.39. The second kappa shape index (κ2) is 4.48. The predicted molar refractivity (Wildman–Crippen MR) is 64.0 cm³/mol. The highest BCUT2D eigenvalue weighted by atomic mass is 16.3. The first-order chi connectivity index (χ1) is 7.59. The van der Waals surface area contributed by atoms with Crippen LogP contribution in [0, 0.1) is 23.2 Å². The Labute approximate surface area is 98.4 Å². The molecule has 5 atom stereocenters. The monoisotopic (exact) mass is 224 g/mol. The van der Waals surface area contributed by atoms with Crippen LogP contribution in [-0.2, 0) is 4.79 Å². The third-order valence-electron chi connectivity index (χ3n) is 5.32. The van der Waals surface area contributed by atoms with E-state index in [-0.39, 0.29) is 6.10 Å². The fourth-order valence-electron chi connectivity index (χ4n) is 4.44. The highest BCUT2D eigenvalue weighted by Crippen LogP contribution is 2.57. The van der Waals surface area contributed by atoms with Crippen LogP contribution in [0.25, 0.3) is 0 Å². The number of carbonyl (C=O) groups excluding carboxylic acids is 1. The largest absolute Gasteiger partial charge is 0.393 e. The van der Waals surface area contributed by atoms with Crippen LogP contribution < -0.4 is 0 Å². The Hall–Kier alpha value is -0.370. The molecule has 2 fully saturated rings. The maximum absolute atomic E-state index is 10.7. The second-order valence-corrected chi connectivity index (χ2v) is 6.14. The summed E-state index contributed by atoms with van der Waals surface area (Å²) in [6, 6.07) is 0. The van der Waals surface area contributed by atoms with Gasteiger partial charge in [-0.15, -0.1) is 0 Å². The van der Waals surface area contributed by atoms with Crippen LogP contribution >= 0.6 is 0 Å². The lowest BCUT2D eigenvalue weighted by Gasteiger charge is -2.45. The maximum Gasteiger partial charge on any atom is 0.120 e. The second-order valence-electron chi connectivity index (χ2n) is 6.14. The van der Waals surface area contributed by atoms with Crippen molar-refractivity contribution in [2.45, 2.75) is 58.5 Å². The molecule has 0 aliphatic heterocycles. The molecule has 0 radical (unpaired) electrons. The van der Waals surface area contributed by atoms with E-state index in [0.29, 0.717) is 29.6 Å². The third-order valence-corrected chi connectivity index (χ3v) is 5.32. The Bertz CT molecular complexity index is 263. The molecule has 0 heterocycles. The molecule has 2 nitrogen and oxygen atoms in total. The van der Waals surface area contributed by atoms with E-state index >= 15 is 0 Å². The van der Waals surface area contributed by atoms with Gasteiger partial charge in [0.15, 0.2) is 0 Å². The SMILES string of the molecule is C[C@H](CC=O)C1CC[C@H]2[C@@H](O)CCC[C@]12C. The van der Waals surface area contributed by atoms with Crippen LogP contribution in [0.3, 0.4) is 0 Å². The van der Waals surface area contributed by atoms with Crippen LogP contribution in [0.5, 0.6) is 0 Å². The first kappa shape index (κ1) is 12.1. The molecule has 0 aromatic heterocycles. The fourth-order valence-corrected chi connectivity index (χ4v) is 4.44. The van der Waals surface area contributed by atoms with Gasteiger partial charge in [-0.3, -0.25) is 0 Å². The van der Waals surface area contributed by atoms with Crippen molar-refractivity contribution >= 4 is 6.29 Å². The minimum Gasteiger partial charge on any atom is -0.393 e. The molecule has 0 bridgehead atoms. The number of aliphatic hydroxyl groups is 1. The summed E-state index contributed by atoms with van der Waals surface area (Å²) in [5.41, 5.74) is 0.292. The van der Waals surface area contributed by atoms with Gasteiger partial charge in [-0.2, -0.15) is 0 Å². The third kappa shape index (κ3) is 1.81. The first-order valence-corrected chi connectivity index (χ1v) is 6.71. The van der Waals surface area contributed by atoms with Crippen molar-refractivity contribution in [3.05, 3.63) is 0 Å². The van der Waals surface area contributed by atoms with Crippen LogP contribution in [0.15, 0.2) is 0 Å². The van der Waals surface area contributed by atoms with Crippen molar-refractivity contribution < 1.29 is 9.90 Å². The van der Waals surface area contributed by atoms with Gasteiger partial charge in [0.05, 0.1) is 6.10 Å². The van der Waals surface area contributed by atoms with E-state index in [2.05, 4.69) is 13.8 Å². The van der Waals surface area contributed by atoms with E-state index in [1.165, 1.54) is 12.8 Å².